The molecule has 0 bridgehead atoms. The standard InChI is InChI=1S/C17H30N2O/c1-16(2,3)19-13-17(4,5)14-20-12-6-7-15-8-10-18-11-9-15/h8-11,19H,6-7,12-14H2,1-5H3. The smallest absolute Gasteiger partial charge is 0.0529 e. The molecule has 0 aliphatic rings. The van der Waals surface area contributed by atoms with Crippen molar-refractivity contribution in [3.8, 4) is 0 Å². The number of rotatable bonds is 8. The van der Waals surface area contributed by atoms with Crippen LogP contribution in [0.1, 0.15) is 46.6 Å². The number of hydrogen-bond acceptors (Lipinski definition) is 3. The van der Waals surface area contributed by atoms with Gasteiger partial charge in [0.25, 0.3) is 0 Å². The van der Waals surface area contributed by atoms with Gasteiger partial charge in [-0.1, -0.05) is 13.8 Å². The Bertz CT molecular complexity index is 368. The lowest BCUT2D eigenvalue weighted by Crippen LogP contribution is -2.43. The molecular weight excluding hydrogens is 248 g/mol. The van der Waals surface area contributed by atoms with E-state index in [1.165, 1.54) is 5.56 Å². The summed E-state index contributed by atoms with van der Waals surface area (Å²) in [5.74, 6) is 0. The van der Waals surface area contributed by atoms with Crippen molar-refractivity contribution in [2.75, 3.05) is 19.8 Å². The highest BCUT2D eigenvalue weighted by molar-refractivity contribution is 5.09. The summed E-state index contributed by atoms with van der Waals surface area (Å²) < 4.78 is 5.83. The number of hydrogen-bond donors (Lipinski definition) is 1. The van der Waals surface area contributed by atoms with Crippen LogP contribution in [0.4, 0.5) is 0 Å². The van der Waals surface area contributed by atoms with Gasteiger partial charge < -0.3 is 10.1 Å². The molecule has 0 spiro atoms. The summed E-state index contributed by atoms with van der Waals surface area (Å²) in [6.07, 6.45) is 5.81. The lowest BCUT2D eigenvalue weighted by atomic mass is 9.93. The molecule has 1 heterocycles. The number of pyridine rings is 1. The summed E-state index contributed by atoms with van der Waals surface area (Å²) >= 11 is 0. The van der Waals surface area contributed by atoms with E-state index in [4.69, 9.17) is 4.74 Å². The Balaban J connectivity index is 2.13. The predicted octanol–water partition coefficient (Wildman–Crippen LogP) is 3.45. The molecule has 1 aromatic heterocycles. The Morgan fingerprint density at radius 2 is 1.75 bits per heavy atom. The van der Waals surface area contributed by atoms with Crippen LogP contribution in [0, 0.1) is 5.41 Å². The molecule has 0 fully saturated rings. The van der Waals surface area contributed by atoms with Crippen molar-refractivity contribution in [2.24, 2.45) is 5.41 Å². The molecule has 0 saturated heterocycles. The Hall–Kier alpha value is -0.930. The zero-order valence-electron chi connectivity index (χ0n) is 13.7. The number of nitrogens with one attached hydrogen (secondary N) is 1. The Morgan fingerprint density at radius 3 is 2.35 bits per heavy atom. The van der Waals surface area contributed by atoms with Crippen LogP contribution in [0.2, 0.25) is 0 Å². The van der Waals surface area contributed by atoms with Gasteiger partial charge in [-0.25, -0.2) is 0 Å². The normalized spacial score (nSPS) is 12.7. The topological polar surface area (TPSA) is 34.1 Å². The molecule has 1 rings (SSSR count). The van der Waals surface area contributed by atoms with Crippen LogP contribution in [-0.4, -0.2) is 30.3 Å². The summed E-state index contributed by atoms with van der Waals surface area (Å²) in [5.41, 5.74) is 1.67. The van der Waals surface area contributed by atoms with Crippen molar-refractivity contribution < 1.29 is 4.74 Å². The first-order valence-corrected chi connectivity index (χ1v) is 7.50. The molecule has 1 aromatic rings. The Kier molecular flexibility index (Phi) is 6.63. The monoisotopic (exact) mass is 278 g/mol. The van der Waals surface area contributed by atoms with Gasteiger partial charge in [0.05, 0.1) is 6.61 Å². The third kappa shape index (κ3) is 8.28. The van der Waals surface area contributed by atoms with E-state index in [1.54, 1.807) is 0 Å². The van der Waals surface area contributed by atoms with Crippen molar-refractivity contribution in [2.45, 2.75) is 53.0 Å². The van der Waals surface area contributed by atoms with Gasteiger partial charge in [0.2, 0.25) is 0 Å². The fourth-order valence-corrected chi connectivity index (χ4v) is 1.83. The second-order valence-corrected chi connectivity index (χ2v) is 7.28. The van der Waals surface area contributed by atoms with Gasteiger partial charge in [0.15, 0.2) is 0 Å². The molecule has 114 valence electrons. The largest absolute Gasteiger partial charge is 0.381 e. The highest BCUT2D eigenvalue weighted by atomic mass is 16.5. The van der Waals surface area contributed by atoms with Crippen molar-refractivity contribution in [1.82, 2.24) is 10.3 Å². The molecule has 20 heavy (non-hydrogen) atoms. The zero-order chi connectivity index (χ0) is 15.1. The molecule has 0 aliphatic carbocycles. The second kappa shape index (κ2) is 7.75. The highest BCUT2D eigenvalue weighted by Crippen LogP contribution is 2.16. The van der Waals surface area contributed by atoms with Crippen LogP contribution < -0.4 is 5.32 Å². The summed E-state index contributed by atoms with van der Waals surface area (Å²) in [6.45, 7) is 13.7. The number of ether oxygens (including phenoxy) is 1. The highest BCUT2D eigenvalue weighted by Gasteiger charge is 2.21. The van der Waals surface area contributed by atoms with Gasteiger partial charge in [0, 0.05) is 36.5 Å². The average Bonchev–Trinajstić information content (AvgIpc) is 2.37. The second-order valence-electron chi connectivity index (χ2n) is 7.28. The summed E-state index contributed by atoms with van der Waals surface area (Å²) in [7, 11) is 0. The Labute approximate surface area is 124 Å². The summed E-state index contributed by atoms with van der Waals surface area (Å²) in [4.78, 5) is 4.02. The van der Waals surface area contributed by atoms with E-state index >= 15 is 0 Å². The van der Waals surface area contributed by atoms with Crippen molar-refractivity contribution in [3.63, 3.8) is 0 Å². The van der Waals surface area contributed by atoms with Crippen LogP contribution in [0.5, 0.6) is 0 Å². The van der Waals surface area contributed by atoms with E-state index in [2.05, 4.69) is 57.1 Å². The van der Waals surface area contributed by atoms with Gasteiger partial charge in [-0.15, -0.1) is 0 Å². The number of nitrogens with zero attached hydrogens (tertiary/aromatic N) is 1. The third-order valence-corrected chi connectivity index (χ3v) is 3.09. The van der Waals surface area contributed by atoms with Gasteiger partial charge in [-0.05, 0) is 51.3 Å². The molecule has 0 amide bonds. The molecule has 0 radical (unpaired) electrons. The maximum absolute atomic E-state index is 5.83. The molecule has 3 nitrogen and oxygen atoms in total. The maximum atomic E-state index is 5.83. The number of aryl methyl sites for hydroxylation is 1. The Morgan fingerprint density at radius 1 is 1.10 bits per heavy atom. The first kappa shape index (κ1) is 17.1. The van der Waals surface area contributed by atoms with Crippen LogP contribution in [-0.2, 0) is 11.2 Å². The van der Waals surface area contributed by atoms with E-state index in [1.807, 2.05) is 12.4 Å². The average molecular weight is 278 g/mol. The minimum atomic E-state index is 0.165. The quantitative estimate of drug-likeness (QED) is 0.740. The molecule has 0 saturated carbocycles. The van der Waals surface area contributed by atoms with Gasteiger partial charge in [-0.2, -0.15) is 0 Å². The fraction of sp³-hybridized carbons (Fsp3) is 0.706. The first-order chi connectivity index (χ1) is 9.29. The SMILES string of the molecule is CC(C)(CNC(C)(C)C)COCCCc1ccncc1. The van der Waals surface area contributed by atoms with E-state index < -0.39 is 0 Å². The molecule has 0 aliphatic heterocycles. The minimum absolute atomic E-state index is 0.165. The van der Waals surface area contributed by atoms with Crippen LogP contribution >= 0.6 is 0 Å². The molecule has 0 unspecified atom stereocenters. The molecule has 3 heteroatoms. The van der Waals surface area contributed by atoms with E-state index in [0.29, 0.717) is 0 Å². The van der Waals surface area contributed by atoms with Crippen molar-refractivity contribution in [1.29, 1.82) is 0 Å². The lowest BCUT2D eigenvalue weighted by molar-refractivity contribution is 0.0576. The summed E-state index contributed by atoms with van der Waals surface area (Å²) in [6, 6.07) is 4.13. The predicted molar refractivity (Wildman–Crippen MR) is 84.9 cm³/mol. The van der Waals surface area contributed by atoms with E-state index in [-0.39, 0.29) is 11.0 Å². The zero-order valence-corrected chi connectivity index (χ0v) is 13.7. The van der Waals surface area contributed by atoms with E-state index in [0.717, 1.165) is 32.6 Å². The van der Waals surface area contributed by atoms with Gasteiger partial charge in [0.1, 0.15) is 0 Å². The molecule has 0 atom stereocenters. The molecular formula is C17H30N2O. The van der Waals surface area contributed by atoms with Crippen LogP contribution in [0.15, 0.2) is 24.5 Å². The lowest BCUT2D eigenvalue weighted by Gasteiger charge is -2.30. The molecule has 1 N–H and O–H groups in total. The van der Waals surface area contributed by atoms with Crippen molar-refractivity contribution in [3.05, 3.63) is 30.1 Å². The van der Waals surface area contributed by atoms with E-state index in [9.17, 15) is 0 Å². The van der Waals surface area contributed by atoms with Crippen LogP contribution in [0.25, 0.3) is 0 Å². The third-order valence-electron chi connectivity index (χ3n) is 3.09. The minimum Gasteiger partial charge on any atom is -0.381 e. The number of aromatic nitrogens is 1. The fourth-order valence-electron chi connectivity index (χ4n) is 1.83. The summed E-state index contributed by atoms with van der Waals surface area (Å²) in [5, 5.41) is 3.54. The first-order valence-electron chi connectivity index (χ1n) is 7.50. The molecule has 0 aromatic carbocycles. The van der Waals surface area contributed by atoms with Crippen molar-refractivity contribution >= 4 is 0 Å². The van der Waals surface area contributed by atoms with Gasteiger partial charge in [-0.3, -0.25) is 4.98 Å². The maximum Gasteiger partial charge on any atom is 0.0529 e. The van der Waals surface area contributed by atoms with Gasteiger partial charge >= 0.3 is 0 Å². The van der Waals surface area contributed by atoms with Crippen LogP contribution in [0.3, 0.4) is 0 Å².